The second-order valence-electron chi connectivity index (χ2n) is 7.86. The predicted octanol–water partition coefficient (Wildman–Crippen LogP) is 5.81. The zero-order valence-electron chi connectivity index (χ0n) is 18.6. The summed E-state index contributed by atoms with van der Waals surface area (Å²) in [6.45, 7) is 0. The van der Waals surface area contributed by atoms with Gasteiger partial charge in [-0.05, 0) is 40.8 Å². The Morgan fingerprint density at radius 1 is 0.758 bits per heavy atom. The molecule has 4 heteroatoms. The Morgan fingerprint density at radius 2 is 1.18 bits per heavy atom. The van der Waals surface area contributed by atoms with Gasteiger partial charge in [-0.3, -0.25) is 4.79 Å². The lowest BCUT2D eigenvalue weighted by Gasteiger charge is -2.35. The van der Waals surface area contributed by atoms with E-state index < -0.39 is 16.8 Å². The van der Waals surface area contributed by atoms with Crippen LogP contribution in [0.3, 0.4) is 0 Å². The van der Waals surface area contributed by atoms with Crippen LogP contribution in [0.4, 0.5) is 0 Å². The van der Waals surface area contributed by atoms with Gasteiger partial charge in [-0.1, -0.05) is 103 Å². The molecule has 0 spiro atoms. The van der Waals surface area contributed by atoms with Crippen molar-refractivity contribution in [3.63, 3.8) is 0 Å². The number of hydrogen-bond acceptors (Lipinski definition) is 4. The fourth-order valence-electron chi connectivity index (χ4n) is 4.05. The van der Waals surface area contributed by atoms with E-state index in [-0.39, 0.29) is 0 Å². The van der Waals surface area contributed by atoms with Crippen molar-refractivity contribution in [3.8, 4) is 0 Å². The molecule has 0 aliphatic carbocycles. The molecule has 166 valence electrons. The van der Waals surface area contributed by atoms with Crippen LogP contribution in [0, 0.1) is 0 Å². The van der Waals surface area contributed by atoms with Gasteiger partial charge in [-0.15, -0.1) is 11.8 Å². The zero-order valence-corrected chi connectivity index (χ0v) is 19.4. The van der Waals surface area contributed by atoms with Crippen LogP contribution in [0.15, 0.2) is 120 Å². The van der Waals surface area contributed by atoms with E-state index in [2.05, 4.69) is 84.9 Å². The topological polar surface area (TPSA) is 52.3 Å². The second kappa shape index (κ2) is 10.5. The SMILES string of the molecule is COC(=O)[C@@H](N)Cc1ccc(SC(c2ccccc2)(c2ccccc2)c2ccccc2)cc1. The normalized spacial score (nSPS) is 12.2. The van der Waals surface area contributed by atoms with Crippen molar-refractivity contribution in [2.75, 3.05) is 7.11 Å². The minimum Gasteiger partial charge on any atom is -0.468 e. The summed E-state index contributed by atoms with van der Waals surface area (Å²) in [7, 11) is 1.36. The molecule has 0 aliphatic heterocycles. The Bertz CT molecular complexity index is 1070. The number of rotatable bonds is 8. The number of thioether (sulfide) groups is 1. The monoisotopic (exact) mass is 453 g/mol. The summed E-state index contributed by atoms with van der Waals surface area (Å²) in [6.07, 6.45) is 0.443. The van der Waals surface area contributed by atoms with E-state index in [9.17, 15) is 4.79 Å². The molecular weight excluding hydrogens is 426 g/mol. The zero-order chi connectivity index (χ0) is 23.1. The molecule has 0 aliphatic rings. The lowest BCUT2D eigenvalue weighted by molar-refractivity contribution is -0.142. The van der Waals surface area contributed by atoms with Crippen molar-refractivity contribution in [2.24, 2.45) is 5.73 Å². The van der Waals surface area contributed by atoms with E-state index in [1.165, 1.54) is 23.8 Å². The molecule has 0 fully saturated rings. The maximum atomic E-state index is 11.7. The molecule has 0 radical (unpaired) electrons. The van der Waals surface area contributed by atoms with Gasteiger partial charge >= 0.3 is 5.97 Å². The summed E-state index contributed by atoms with van der Waals surface area (Å²) in [5.74, 6) is -0.398. The fraction of sp³-hybridized carbons (Fsp3) is 0.138. The van der Waals surface area contributed by atoms with Crippen molar-refractivity contribution in [1.29, 1.82) is 0 Å². The highest BCUT2D eigenvalue weighted by Crippen LogP contribution is 2.51. The van der Waals surface area contributed by atoms with Gasteiger partial charge in [-0.25, -0.2) is 0 Å². The number of carbonyl (C=O) groups excluding carboxylic acids is 1. The summed E-state index contributed by atoms with van der Waals surface area (Å²) in [5, 5.41) is 0. The third-order valence-corrected chi connectivity index (χ3v) is 7.22. The Morgan fingerprint density at radius 3 is 1.58 bits per heavy atom. The molecule has 4 rings (SSSR count). The van der Waals surface area contributed by atoms with Crippen molar-refractivity contribution in [3.05, 3.63) is 138 Å². The first kappa shape index (κ1) is 22.8. The van der Waals surface area contributed by atoms with Gasteiger partial charge in [0.15, 0.2) is 0 Å². The summed E-state index contributed by atoms with van der Waals surface area (Å²) in [5.41, 5.74) is 10.6. The third-order valence-electron chi connectivity index (χ3n) is 5.69. The van der Waals surface area contributed by atoms with Crippen LogP contribution in [-0.4, -0.2) is 19.1 Å². The molecule has 4 aromatic carbocycles. The summed E-state index contributed by atoms with van der Waals surface area (Å²) >= 11 is 1.81. The molecule has 4 aromatic rings. The van der Waals surface area contributed by atoms with Gasteiger partial charge in [0.1, 0.15) is 6.04 Å². The van der Waals surface area contributed by atoms with E-state index in [4.69, 9.17) is 10.5 Å². The molecule has 1 atom stereocenters. The van der Waals surface area contributed by atoms with Crippen LogP contribution in [0.25, 0.3) is 0 Å². The van der Waals surface area contributed by atoms with Crippen LogP contribution >= 0.6 is 11.8 Å². The van der Waals surface area contributed by atoms with Crippen molar-refractivity contribution in [2.45, 2.75) is 22.1 Å². The predicted molar refractivity (Wildman–Crippen MR) is 135 cm³/mol. The molecule has 0 heterocycles. The Labute approximate surface area is 199 Å². The largest absolute Gasteiger partial charge is 0.468 e. The Balaban J connectivity index is 1.77. The van der Waals surface area contributed by atoms with E-state index >= 15 is 0 Å². The van der Waals surface area contributed by atoms with E-state index in [0.29, 0.717) is 6.42 Å². The van der Waals surface area contributed by atoms with Gasteiger partial charge in [0.2, 0.25) is 0 Å². The van der Waals surface area contributed by atoms with Crippen LogP contribution in [0.2, 0.25) is 0 Å². The first-order chi connectivity index (χ1) is 16.1. The molecule has 0 saturated carbocycles. The Kier molecular flexibility index (Phi) is 7.28. The highest BCUT2D eigenvalue weighted by Gasteiger charge is 2.37. The lowest BCUT2D eigenvalue weighted by atomic mass is 9.84. The first-order valence-corrected chi connectivity index (χ1v) is 11.7. The summed E-state index contributed by atoms with van der Waals surface area (Å²) in [6, 6.07) is 39.5. The molecule has 0 aromatic heterocycles. The van der Waals surface area contributed by atoms with Crippen molar-refractivity contribution >= 4 is 17.7 Å². The summed E-state index contributed by atoms with van der Waals surface area (Å²) < 4.78 is 4.33. The Hall–Kier alpha value is -3.34. The number of ether oxygens (including phenoxy) is 1. The number of hydrogen-bond donors (Lipinski definition) is 1. The van der Waals surface area contributed by atoms with Gasteiger partial charge in [0.05, 0.1) is 11.9 Å². The number of methoxy groups -OCH3 is 1. The quantitative estimate of drug-likeness (QED) is 0.208. The molecule has 0 amide bonds. The first-order valence-electron chi connectivity index (χ1n) is 10.9. The standard InChI is InChI=1S/C29H27NO2S/c1-32-28(31)27(30)21-22-17-19-26(20-18-22)33-29(23-11-5-2-6-12-23,24-13-7-3-8-14-24)25-15-9-4-10-16-25/h2-20,27H,21,30H2,1H3/t27-/m0/s1. The molecule has 0 bridgehead atoms. The fourth-order valence-corrected chi connectivity index (χ4v) is 5.44. The molecule has 3 nitrogen and oxygen atoms in total. The van der Waals surface area contributed by atoms with Crippen molar-refractivity contribution in [1.82, 2.24) is 0 Å². The number of nitrogens with two attached hydrogens (primary N) is 1. The van der Waals surface area contributed by atoms with E-state index in [1.807, 2.05) is 42.1 Å². The third kappa shape index (κ3) is 5.03. The van der Waals surface area contributed by atoms with Crippen LogP contribution in [0.5, 0.6) is 0 Å². The van der Waals surface area contributed by atoms with Gasteiger partial charge in [0, 0.05) is 4.90 Å². The number of benzene rings is 4. The average molecular weight is 454 g/mol. The number of esters is 1. The molecule has 0 unspecified atom stereocenters. The van der Waals surface area contributed by atoms with E-state index in [0.717, 1.165) is 10.5 Å². The minimum atomic E-state index is -0.662. The summed E-state index contributed by atoms with van der Waals surface area (Å²) in [4.78, 5) is 12.8. The maximum absolute atomic E-state index is 11.7. The second-order valence-corrected chi connectivity index (χ2v) is 9.15. The molecule has 2 N–H and O–H groups in total. The van der Waals surface area contributed by atoms with Crippen LogP contribution < -0.4 is 5.73 Å². The maximum Gasteiger partial charge on any atom is 0.322 e. The van der Waals surface area contributed by atoms with Crippen LogP contribution in [-0.2, 0) is 20.7 Å². The van der Waals surface area contributed by atoms with E-state index in [1.54, 1.807) is 0 Å². The smallest absolute Gasteiger partial charge is 0.322 e. The molecular formula is C29H27NO2S. The van der Waals surface area contributed by atoms with Gasteiger partial charge in [0.25, 0.3) is 0 Å². The van der Waals surface area contributed by atoms with Crippen LogP contribution in [0.1, 0.15) is 22.3 Å². The molecule has 33 heavy (non-hydrogen) atoms. The lowest BCUT2D eigenvalue weighted by Crippen LogP contribution is -2.33. The average Bonchev–Trinajstić information content (AvgIpc) is 2.89. The minimum absolute atomic E-state index is 0.398. The highest BCUT2D eigenvalue weighted by atomic mass is 32.2. The molecule has 0 saturated heterocycles. The van der Waals surface area contributed by atoms with Gasteiger partial charge in [-0.2, -0.15) is 0 Å². The van der Waals surface area contributed by atoms with Crippen molar-refractivity contribution < 1.29 is 9.53 Å². The van der Waals surface area contributed by atoms with Gasteiger partial charge < -0.3 is 10.5 Å². The highest BCUT2D eigenvalue weighted by molar-refractivity contribution is 8.00. The number of carbonyl (C=O) groups is 1.